The summed E-state index contributed by atoms with van der Waals surface area (Å²) in [5.41, 5.74) is 1.47. The minimum Gasteiger partial charge on any atom is -0.481 e. The van der Waals surface area contributed by atoms with Gasteiger partial charge in [-0.3, -0.25) is 4.79 Å². The number of aliphatic carboxylic acids is 1. The van der Waals surface area contributed by atoms with Gasteiger partial charge in [-0.25, -0.2) is 0 Å². The molecular weight excluding hydrogens is 294 g/mol. The topological polar surface area (TPSA) is 40.5 Å². The Balaban J connectivity index is 2.31. The molecule has 0 aliphatic heterocycles. The molecule has 1 N–H and O–H groups in total. The van der Waals surface area contributed by atoms with E-state index in [2.05, 4.69) is 20.8 Å². The lowest BCUT2D eigenvalue weighted by Gasteiger charge is -2.38. The van der Waals surface area contributed by atoms with Crippen molar-refractivity contribution in [1.29, 1.82) is 0 Å². The van der Waals surface area contributed by atoms with Gasteiger partial charge in [-0.05, 0) is 44.1 Å². The summed E-state index contributed by atoms with van der Waals surface area (Å²) >= 11 is 3.55. The van der Waals surface area contributed by atoms with Gasteiger partial charge in [0.05, 0.1) is 5.41 Å². The predicted octanol–water partition coefficient (Wildman–Crippen LogP) is 3.02. The van der Waals surface area contributed by atoms with Crippen molar-refractivity contribution in [3.8, 4) is 0 Å². The van der Waals surface area contributed by atoms with Gasteiger partial charge in [0.25, 0.3) is 0 Å². The van der Waals surface area contributed by atoms with Crippen LogP contribution in [0.15, 0.2) is 22.7 Å². The van der Waals surface area contributed by atoms with Crippen LogP contribution in [0.25, 0.3) is 0 Å². The summed E-state index contributed by atoms with van der Waals surface area (Å²) in [7, 11) is 4.04. The van der Waals surface area contributed by atoms with E-state index >= 15 is 0 Å². The average Bonchev–Trinajstić information content (AvgIpc) is 2.19. The lowest BCUT2D eigenvalue weighted by molar-refractivity contribution is -0.147. The van der Waals surface area contributed by atoms with Crippen LogP contribution in [0.5, 0.6) is 0 Å². The largest absolute Gasteiger partial charge is 0.481 e. The Labute approximate surface area is 116 Å². The first-order chi connectivity index (χ1) is 8.45. The Bertz CT molecular complexity index is 467. The summed E-state index contributed by atoms with van der Waals surface area (Å²) in [4.78, 5) is 13.5. The molecule has 0 saturated heterocycles. The van der Waals surface area contributed by atoms with E-state index in [9.17, 15) is 9.90 Å². The second-order valence-corrected chi connectivity index (χ2v) is 6.14. The van der Waals surface area contributed by atoms with E-state index in [1.165, 1.54) is 5.56 Å². The van der Waals surface area contributed by atoms with Crippen molar-refractivity contribution in [1.82, 2.24) is 4.90 Å². The molecule has 2 rings (SSSR count). The maximum atomic E-state index is 11.5. The lowest BCUT2D eigenvalue weighted by Crippen LogP contribution is -2.42. The molecule has 0 bridgehead atoms. The van der Waals surface area contributed by atoms with Gasteiger partial charge in [0.15, 0.2) is 0 Å². The summed E-state index contributed by atoms with van der Waals surface area (Å²) in [5.74, 6) is -0.694. The second kappa shape index (κ2) is 5.02. The third-order valence-electron chi connectivity index (χ3n) is 3.71. The van der Waals surface area contributed by atoms with Crippen molar-refractivity contribution >= 4 is 21.9 Å². The number of halogens is 1. The summed E-state index contributed by atoms with van der Waals surface area (Å²) in [6, 6.07) is 5.98. The number of hydrogen-bond donors (Lipinski definition) is 1. The van der Waals surface area contributed by atoms with E-state index in [4.69, 9.17) is 0 Å². The molecule has 98 valence electrons. The van der Waals surface area contributed by atoms with E-state index < -0.39 is 11.4 Å². The van der Waals surface area contributed by atoms with E-state index in [0.717, 1.165) is 35.8 Å². The van der Waals surface area contributed by atoms with Crippen LogP contribution >= 0.6 is 15.9 Å². The first-order valence-corrected chi connectivity index (χ1v) is 6.92. The van der Waals surface area contributed by atoms with Crippen LogP contribution < -0.4 is 0 Å². The highest BCUT2D eigenvalue weighted by molar-refractivity contribution is 9.10. The first kappa shape index (κ1) is 13.6. The molecule has 0 aromatic heterocycles. The number of carbonyl (C=O) groups is 1. The number of carboxylic acids is 1. The summed E-state index contributed by atoms with van der Waals surface area (Å²) in [6.45, 7) is 0.848. The molecule has 1 fully saturated rings. The Morgan fingerprint density at radius 2 is 2.11 bits per heavy atom. The maximum absolute atomic E-state index is 11.5. The van der Waals surface area contributed by atoms with Crippen LogP contribution in [0.3, 0.4) is 0 Å². The quantitative estimate of drug-likeness (QED) is 0.929. The molecule has 3 nitrogen and oxygen atoms in total. The molecule has 0 amide bonds. The van der Waals surface area contributed by atoms with Gasteiger partial charge in [0.1, 0.15) is 0 Å². The molecule has 18 heavy (non-hydrogen) atoms. The molecule has 0 unspecified atom stereocenters. The molecule has 1 aliphatic rings. The van der Waals surface area contributed by atoms with Crippen LogP contribution in [-0.4, -0.2) is 30.1 Å². The van der Waals surface area contributed by atoms with Crippen molar-refractivity contribution in [2.75, 3.05) is 14.1 Å². The smallest absolute Gasteiger partial charge is 0.314 e. The second-order valence-electron chi connectivity index (χ2n) is 5.28. The molecule has 0 atom stereocenters. The number of carboxylic acid groups (broad SMARTS) is 1. The normalized spacial score (nSPS) is 17.6. The summed E-state index contributed by atoms with van der Waals surface area (Å²) in [6.07, 6.45) is 2.51. The molecule has 1 saturated carbocycles. The Morgan fingerprint density at radius 1 is 1.44 bits per heavy atom. The average molecular weight is 312 g/mol. The van der Waals surface area contributed by atoms with Crippen LogP contribution in [0.2, 0.25) is 0 Å². The van der Waals surface area contributed by atoms with Gasteiger partial charge in [0.2, 0.25) is 0 Å². The third-order valence-corrected chi connectivity index (χ3v) is 4.45. The molecule has 1 aromatic carbocycles. The Hall–Kier alpha value is -0.870. The Kier molecular flexibility index (Phi) is 3.78. The van der Waals surface area contributed by atoms with Gasteiger partial charge >= 0.3 is 5.97 Å². The zero-order valence-electron chi connectivity index (χ0n) is 10.7. The van der Waals surface area contributed by atoms with Crippen molar-refractivity contribution in [3.63, 3.8) is 0 Å². The van der Waals surface area contributed by atoms with E-state index in [0.29, 0.717) is 0 Å². The molecule has 1 aliphatic carbocycles. The van der Waals surface area contributed by atoms with Gasteiger partial charge in [-0.1, -0.05) is 34.5 Å². The highest BCUT2D eigenvalue weighted by Crippen LogP contribution is 2.44. The Morgan fingerprint density at radius 3 is 2.50 bits per heavy atom. The van der Waals surface area contributed by atoms with Gasteiger partial charge in [-0.15, -0.1) is 0 Å². The van der Waals surface area contributed by atoms with Gasteiger partial charge < -0.3 is 10.0 Å². The zero-order valence-corrected chi connectivity index (χ0v) is 12.3. The SMILES string of the molecule is CN(C)Cc1ccc(C2(C(=O)O)CCC2)cc1Br. The van der Waals surface area contributed by atoms with Crippen LogP contribution in [0, 0.1) is 0 Å². The maximum Gasteiger partial charge on any atom is 0.314 e. The fourth-order valence-corrected chi connectivity index (χ4v) is 2.97. The number of hydrogen-bond acceptors (Lipinski definition) is 2. The highest BCUT2D eigenvalue weighted by Gasteiger charge is 2.45. The van der Waals surface area contributed by atoms with Gasteiger partial charge in [-0.2, -0.15) is 0 Å². The van der Waals surface area contributed by atoms with Crippen LogP contribution in [0.4, 0.5) is 0 Å². The fourth-order valence-electron chi connectivity index (χ4n) is 2.47. The van der Waals surface area contributed by atoms with Crippen LogP contribution in [-0.2, 0) is 16.8 Å². The fraction of sp³-hybridized carbons (Fsp3) is 0.500. The number of rotatable bonds is 4. The lowest BCUT2D eigenvalue weighted by atomic mass is 9.64. The van der Waals surface area contributed by atoms with Crippen molar-refractivity contribution in [2.24, 2.45) is 0 Å². The summed E-state index contributed by atoms with van der Waals surface area (Å²) < 4.78 is 1.00. The molecular formula is C14H18BrNO2. The molecule has 1 aromatic rings. The minimum atomic E-state index is -0.694. The van der Waals surface area contributed by atoms with Crippen molar-refractivity contribution < 1.29 is 9.90 Å². The standard InChI is InChI=1S/C14H18BrNO2/c1-16(2)9-10-4-5-11(8-12(10)15)14(13(17)18)6-3-7-14/h4-5,8H,3,6-7,9H2,1-2H3,(H,17,18). The minimum absolute atomic E-state index is 0.640. The van der Waals surface area contributed by atoms with E-state index in [-0.39, 0.29) is 0 Å². The number of nitrogens with zero attached hydrogens (tertiary/aromatic N) is 1. The predicted molar refractivity (Wildman–Crippen MR) is 74.7 cm³/mol. The van der Waals surface area contributed by atoms with E-state index in [1.807, 2.05) is 32.3 Å². The third kappa shape index (κ3) is 2.31. The zero-order chi connectivity index (χ0) is 13.3. The molecule has 0 spiro atoms. The van der Waals surface area contributed by atoms with Crippen molar-refractivity contribution in [2.45, 2.75) is 31.2 Å². The molecule has 0 heterocycles. The summed E-state index contributed by atoms with van der Waals surface area (Å²) in [5, 5.41) is 9.42. The van der Waals surface area contributed by atoms with Gasteiger partial charge in [0, 0.05) is 11.0 Å². The van der Waals surface area contributed by atoms with E-state index in [1.54, 1.807) is 0 Å². The van der Waals surface area contributed by atoms with Crippen LogP contribution in [0.1, 0.15) is 30.4 Å². The molecule has 0 radical (unpaired) electrons. The number of benzene rings is 1. The monoisotopic (exact) mass is 311 g/mol. The molecule has 4 heteroatoms. The van der Waals surface area contributed by atoms with Crippen molar-refractivity contribution in [3.05, 3.63) is 33.8 Å². The highest BCUT2D eigenvalue weighted by atomic mass is 79.9. The first-order valence-electron chi connectivity index (χ1n) is 6.13.